The van der Waals surface area contributed by atoms with E-state index in [9.17, 15) is 9.18 Å². The van der Waals surface area contributed by atoms with Gasteiger partial charge in [0.2, 0.25) is 0 Å². The van der Waals surface area contributed by atoms with E-state index in [0.717, 1.165) is 13.0 Å². The van der Waals surface area contributed by atoms with Gasteiger partial charge in [0.05, 0.1) is 0 Å². The van der Waals surface area contributed by atoms with Crippen LogP contribution in [0.3, 0.4) is 0 Å². The number of hydrogen-bond acceptors (Lipinski definition) is 1. The first-order valence-electron chi connectivity index (χ1n) is 5.31. The molecule has 1 aliphatic rings. The summed E-state index contributed by atoms with van der Waals surface area (Å²) in [5.41, 5.74) is 0.539. The second-order valence-corrected chi connectivity index (χ2v) is 4.38. The number of halogens is 2. The van der Waals surface area contributed by atoms with Crippen molar-refractivity contribution in [3.8, 4) is 0 Å². The molecule has 4 heteroatoms. The molecule has 16 heavy (non-hydrogen) atoms. The summed E-state index contributed by atoms with van der Waals surface area (Å²) in [6.07, 6.45) is 0.955. The van der Waals surface area contributed by atoms with Crippen LogP contribution in [0.25, 0.3) is 0 Å². The van der Waals surface area contributed by atoms with Crippen LogP contribution < -0.4 is 0 Å². The van der Waals surface area contributed by atoms with Gasteiger partial charge in [-0.1, -0.05) is 0 Å². The number of hydrogen-bond donors (Lipinski definition) is 0. The lowest BCUT2D eigenvalue weighted by Gasteiger charge is -2.15. The van der Waals surface area contributed by atoms with Gasteiger partial charge >= 0.3 is 0 Å². The predicted octanol–water partition coefficient (Wildman–Crippen LogP) is 2.53. The largest absolute Gasteiger partial charge is 0.338 e. The molecule has 1 saturated heterocycles. The van der Waals surface area contributed by atoms with Crippen molar-refractivity contribution >= 4 is 17.5 Å². The molecule has 1 atom stereocenters. The zero-order valence-corrected chi connectivity index (χ0v) is 9.58. The van der Waals surface area contributed by atoms with Crippen LogP contribution in [0.15, 0.2) is 24.3 Å². The molecular formula is C12H13ClFNO. The number of benzene rings is 1. The van der Waals surface area contributed by atoms with Crippen LogP contribution in [0.4, 0.5) is 4.39 Å². The summed E-state index contributed by atoms with van der Waals surface area (Å²) in [5.74, 6) is 0.628. The quantitative estimate of drug-likeness (QED) is 0.729. The van der Waals surface area contributed by atoms with Crippen molar-refractivity contribution in [3.05, 3.63) is 35.6 Å². The van der Waals surface area contributed by atoms with Gasteiger partial charge < -0.3 is 4.90 Å². The summed E-state index contributed by atoms with van der Waals surface area (Å²) in [7, 11) is 0. The van der Waals surface area contributed by atoms with Gasteiger partial charge in [-0.3, -0.25) is 4.79 Å². The molecule has 0 aliphatic carbocycles. The van der Waals surface area contributed by atoms with E-state index in [1.54, 1.807) is 4.90 Å². The van der Waals surface area contributed by atoms with Crippen molar-refractivity contribution in [3.63, 3.8) is 0 Å². The standard InChI is InChI=1S/C12H13ClFNO/c13-7-9-5-6-15(8-9)12(16)10-1-3-11(14)4-2-10/h1-4,9H,5-8H2. The number of alkyl halides is 1. The highest BCUT2D eigenvalue weighted by Gasteiger charge is 2.26. The van der Waals surface area contributed by atoms with Crippen molar-refractivity contribution < 1.29 is 9.18 Å². The summed E-state index contributed by atoms with van der Waals surface area (Å²) >= 11 is 5.76. The maximum Gasteiger partial charge on any atom is 0.253 e. The number of carbonyl (C=O) groups is 1. The minimum Gasteiger partial charge on any atom is -0.338 e. The third-order valence-corrected chi connectivity index (χ3v) is 3.32. The summed E-state index contributed by atoms with van der Waals surface area (Å²) in [5, 5.41) is 0. The van der Waals surface area contributed by atoms with Crippen LogP contribution in [-0.4, -0.2) is 29.8 Å². The molecule has 1 fully saturated rings. The van der Waals surface area contributed by atoms with Gasteiger partial charge in [0.15, 0.2) is 0 Å². The maximum atomic E-state index is 12.7. The monoisotopic (exact) mass is 241 g/mol. The highest BCUT2D eigenvalue weighted by Crippen LogP contribution is 2.19. The molecule has 0 N–H and O–H groups in total. The Balaban J connectivity index is 2.05. The van der Waals surface area contributed by atoms with Gasteiger partial charge in [0.25, 0.3) is 5.91 Å². The number of likely N-dealkylation sites (tertiary alicyclic amines) is 1. The Hall–Kier alpha value is -1.09. The van der Waals surface area contributed by atoms with Gasteiger partial charge in [-0.05, 0) is 36.6 Å². The Morgan fingerprint density at radius 2 is 2.12 bits per heavy atom. The molecule has 2 nitrogen and oxygen atoms in total. The summed E-state index contributed by atoms with van der Waals surface area (Å²) in [6, 6.07) is 5.65. The summed E-state index contributed by atoms with van der Waals surface area (Å²) < 4.78 is 12.7. The van der Waals surface area contributed by atoms with Crippen LogP contribution in [0.5, 0.6) is 0 Å². The third kappa shape index (κ3) is 2.35. The van der Waals surface area contributed by atoms with Crippen molar-refractivity contribution in [1.82, 2.24) is 4.90 Å². The minimum absolute atomic E-state index is 0.0346. The SMILES string of the molecule is O=C(c1ccc(F)cc1)N1CCC(CCl)C1. The molecule has 1 aromatic carbocycles. The first-order chi connectivity index (χ1) is 7.70. The smallest absolute Gasteiger partial charge is 0.253 e. The van der Waals surface area contributed by atoms with Gasteiger partial charge in [-0.15, -0.1) is 11.6 Å². The second-order valence-electron chi connectivity index (χ2n) is 4.07. The van der Waals surface area contributed by atoms with Crippen LogP contribution in [-0.2, 0) is 0 Å². The molecule has 0 aromatic heterocycles. The minimum atomic E-state index is -0.323. The molecule has 0 saturated carbocycles. The van der Waals surface area contributed by atoms with E-state index in [1.165, 1.54) is 24.3 Å². The number of rotatable bonds is 2. The normalized spacial score (nSPS) is 20.1. The zero-order chi connectivity index (χ0) is 11.5. The van der Waals surface area contributed by atoms with Gasteiger partial charge in [-0.25, -0.2) is 4.39 Å². The molecule has 1 aliphatic heterocycles. The lowest BCUT2D eigenvalue weighted by molar-refractivity contribution is 0.0788. The average molecular weight is 242 g/mol. The predicted molar refractivity (Wildman–Crippen MR) is 61.1 cm³/mol. The Morgan fingerprint density at radius 3 is 2.69 bits per heavy atom. The molecule has 1 amide bonds. The Morgan fingerprint density at radius 1 is 1.44 bits per heavy atom. The van der Waals surface area contributed by atoms with E-state index in [0.29, 0.717) is 23.9 Å². The van der Waals surface area contributed by atoms with Crippen LogP contribution >= 0.6 is 11.6 Å². The Kier molecular flexibility index (Phi) is 3.44. The van der Waals surface area contributed by atoms with Crippen LogP contribution in [0.1, 0.15) is 16.8 Å². The molecule has 1 aromatic rings. The summed E-state index contributed by atoms with van der Waals surface area (Å²) in [4.78, 5) is 13.8. The fourth-order valence-electron chi connectivity index (χ4n) is 1.92. The van der Waals surface area contributed by atoms with E-state index < -0.39 is 0 Å². The topological polar surface area (TPSA) is 20.3 Å². The third-order valence-electron chi connectivity index (χ3n) is 2.88. The molecular weight excluding hydrogens is 229 g/mol. The van der Waals surface area contributed by atoms with Crippen LogP contribution in [0.2, 0.25) is 0 Å². The van der Waals surface area contributed by atoms with E-state index in [2.05, 4.69) is 0 Å². The summed E-state index contributed by atoms with van der Waals surface area (Å²) in [6.45, 7) is 1.45. The highest BCUT2D eigenvalue weighted by molar-refractivity contribution is 6.18. The fourth-order valence-corrected chi connectivity index (χ4v) is 2.17. The highest BCUT2D eigenvalue weighted by atomic mass is 35.5. The second kappa shape index (κ2) is 4.83. The van der Waals surface area contributed by atoms with Crippen molar-refractivity contribution in [2.45, 2.75) is 6.42 Å². The lowest BCUT2D eigenvalue weighted by atomic mass is 10.1. The zero-order valence-electron chi connectivity index (χ0n) is 8.83. The number of carbonyl (C=O) groups excluding carboxylic acids is 1. The van der Waals surface area contributed by atoms with Crippen molar-refractivity contribution in [1.29, 1.82) is 0 Å². The Bertz CT molecular complexity index is 379. The van der Waals surface area contributed by atoms with E-state index in [4.69, 9.17) is 11.6 Å². The van der Waals surface area contributed by atoms with E-state index in [1.807, 2.05) is 0 Å². The van der Waals surface area contributed by atoms with Crippen molar-refractivity contribution in [2.75, 3.05) is 19.0 Å². The molecule has 0 radical (unpaired) electrons. The maximum absolute atomic E-state index is 12.7. The first kappa shape index (κ1) is 11.4. The molecule has 1 heterocycles. The van der Waals surface area contributed by atoms with E-state index >= 15 is 0 Å². The molecule has 0 spiro atoms. The fraction of sp³-hybridized carbons (Fsp3) is 0.417. The van der Waals surface area contributed by atoms with E-state index in [-0.39, 0.29) is 11.7 Å². The molecule has 86 valence electrons. The average Bonchev–Trinajstić information content (AvgIpc) is 2.77. The molecule has 0 bridgehead atoms. The molecule has 1 unspecified atom stereocenters. The van der Waals surface area contributed by atoms with Crippen molar-refractivity contribution in [2.24, 2.45) is 5.92 Å². The van der Waals surface area contributed by atoms with Gasteiger partial charge in [0, 0.05) is 24.5 Å². The lowest BCUT2D eigenvalue weighted by Crippen LogP contribution is -2.28. The number of nitrogens with zero attached hydrogens (tertiary/aromatic N) is 1. The molecule has 2 rings (SSSR count). The van der Waals surface area contributed by atoms with Gasteiger partial charge in [0.1, 0.15) is 5.82 Å². The Labute approximate surface area is 99.0 Å². The van der Waals surface area contributed by atoms with Crippen LogP contribution in [0, 0.1) is 11.7 Å². The van der Waals surface area contributed by atoms with Gasteiger partial charge in [-0.2, -0.15) is 0 Å². The number of amides is 1. The first-order valence-corrected chi connectivity index (χ1v) is 5.85.